The van der Waals surface area contributed by atoms with Gasteiger partial charge in [-0.25, -0.2) is 0 Å². The highest BCUT2D eigenvalue weighted by atomic mass is 79.9. The molecule has 2 rings (SSSR count). The van der Waals surface area contributed by atoms with Crippen molar-refractivity contribution < 1.29 is 19.0 Å². The standard InChI is InChI=1S/C12H8BrFN4O5/c1-5-6(2-7(13)11(14)12(5)18(22)23)8(19)3-9-15-4-10(16-9)17(20)21/h2,4H,3H2,1H3,(H,15,16). The van der Waals surface area contributed by atoms with Crippen LogP contribution < -0.4 is 0 Å². The summed E-state index contributed by atoms with van der Waals surface area (Å²) >= 11 is 2.83. The van der Waals surface area contributed by atoms with Gasteiger partial charge in [0.15, 0.2) is 5.78 Å². The number of benzene rings is 1. The number of nitro benzene ring substituents is 1. The van der Waals surface area contributed by atoms with E-state index in [9.17, 15) is 29.4 Å². The molecule has 2 aromatic rings. The zero-order valence-corrected chi connectivity index (χ0v) is 13.1. The van der Waals surface area contributed by atoms with Crippen molar-refractivity contribution in [3.05, 3.63) is 59.7 Å². The summed E-state index contributed by atoms with van der Waals surface area (Å²) in [5.41, 5.74) is -0.987. The van der Waals surface area contributed by atoms with Gasteiger partial charge in [0, 0.05) is 11.1 Å². The van der Waals surface area contributed by atoms with Gasteiger partial charge in [-0.05, 0) is 38.8 Å². The van der Waals surface area contributed by atoms with Gasteiger partial charge in [-0.2, -0.15) is 4.39 Å². The second kappa shape index (κ2) is 6.20. The van der Waals surface area contributed by atoms with Crippen LogP contribution in [0.1, 0.15) is 21.7 Å². The molecule has 1 heterocycles. The Bertz CT molecular complexity index is 835. The number of nitrogens with zero attached hydrogens (tertiary/aromatic N) is 3. The lowest BCUT2D eigenvalue weighted by Crippen LogP contribution is -2.10. The average Bonchev–Trinajstić information content (AvgIpc) is 2.91. The fourth-order valence-corrected chi connectivity index (χ4v) is 2.41. The number of aromatic amines is 1. The number of imidazole rings is 1. The normalized spacial score (nSPS) is 10.6. The molecular weight excluding hydrogens is 379 g/mol. The molecule has 0 unspecified atom stereocenters. The largest absolute Gasteiger partial charge is 0.381 e. The predicted molar refractivity (Wildman–Crippen MR) is 78.8 cm³/mol. The van der Waals surface area contributed by atoms with Crippen LogP contribution in [0.15, 0.2) is 16.7 Å². The van der Waals surface area contributed by atoms with E-state index in [4.69, 9.17) is 0 Å². The zero-order valence-electron chi connectivity index (χ0n) is 11.5. The van der Waals surface area contributed by atoms with Gasteiger partial charge in [0.05, 0.1) is 15.8 Å². The lowest BCUT2D eigenvalue weighted by atomic mass is 10.0. The Morgan fingerprint density at radius 1 is 1.39 bits per heavy atom. The molecule has 1 aromatic heterocycles. The Kier molecular flexibility index (Phi) is 4.50. The third kappa shape index (κ3) is 3.23. The lowest BCUT2D eigenvalue weighted by Gasteiger charge is -2.06. The molecule has 1 aromatic carbocycles. The van der Waals surface area contributed by atoms with Gasteiger partial charge in [0.2, 0.25) is 11.6 Å². The van der Waals surface area contributed by atoms with E-state index in [-0.39, 0.29) is 27.8 Å². The second-order valence-corrected chi connectivity index (χ2v) is 5.37. The summed E-state index contributed by atoms with van der Waals surface area (Å²) in [5, 5.41) is 21.5. The third-order valence-electron chi connectivity index (χ3n) is 3.06. The maximum atomic E-state index is 13.8. The van der Waals surface area contributed by atoms with Crippen molar-refractivity contribution in [2.24, 2.45) is 0 Å². The fourth-order valence-electron chi connectivity index (χ4n) is 1.99. The average molecular weight is 387 g/mol. The highest BCUT2D eigenvalue weighted by Gasteiger charge is 2.27. The molecule has 0 amide bonds. The van der Waals surface area contributed by atoms with Crippen LogP contribution in [0.4, 0.5) is 15.9 Å². The molecule has 0 saturated carbocycles. The summed E-state index contributed by atoms with van der Waals surface area (Å²) in [5.74, 6) is -2.08. The quantitative estimate of drug-likeness (QED) is 0.477. The number of H-pyrrole nitrogens is 1. The lowest BCUT2D eigenvalue weighted by molar-refractivity contribution is -0.389. The summed E-state index contributed by atoms with van der Waals surface area (Å²) in [7, 11) is 0. The summed E-state index contributed by atoms with van der Waals surface area (Å²) in [4.78, 5) is 38.2. The second-order valence-electron chi connectivity index (χ2n) is 4.51. The number of Topliss-reactive ketones (excluding diaryl/α,β-unsaturated/α-hetero) is 1. The molecule has 23 heavy (non-hydrogen) atoms. The molecule has 0 spiro atoms. The van der Waals surface area contributed by atoms with Crippen molar-refractivity contribution in [3.63, 3.8) is 0 Å². The molecule has 0 aliphatic carbocycles. The van der Waals surface area contributed by atoms with Crippen LogP contribution in [0.25, 0.3) is 0 Å². The highest BCUT2D eigenvalue weighted by Crippen LogP contribution is 2.32. The van der Waals surface area contributed by atoms with Gasteiger partial charge in [-0.15, -0.1) is 0 Å². The van der Waals surface area contributed by atoms with Crippen LogP contribution in [0.5, 0.6) is 0 Å². The van der Waals surface area contributed by atoms with E-state index < -0.39 is 33.0 Å². The molecule has 0 saturated heterocycles. The molecule has 0 atom stereocenters. The molecule has 0 aliphatic rings. The topological polar surface area (TPSA) is 132 Å². The molecule has 0 bridgehead atoms. The van der Waals surface area contributed by atoms with Gasteiger partial charge in [-0.1, -0.05) is 0 Å². The Morgan fingerprint density at radius 2 is 2.04 bits per heavy atom. The van der Waals surface area contributed by atoms with E-state index in [0.29, 0.717) is 0 Å². The smallest absolute Gasteiger partial charge is 0.358 e. The molecule has 9 nitrogen and oxygen atoms in total. The van der Waals surface area contributed by atoms with Crippen LogP contribution in [-0.4, -0.2) is 25.6 Å². The minimum atomic E-state index is -1.07. The minimum Gasteiger partial charge on any atom is -0.358 e. The number of hydrogen-bond acceptors (Lipinski definition) is 6. The molecule has 0 radical (unpaired) electrons. The highest BCUT2D eigenvalue weighted by molar-refractivity contribution is 9.10. The first-order valence-electron chi connectivity index (χ1n) is 6.07. The van der Waals surface area contributed by atoms with E-state index in [0.717, 1.165) is 12.3 Å². The van der Waals surface area contributed by atoms with E-state index in [1.165, 1.54) is 6.92 Å². The molecule has 0 fully saturated rings. The molecular formula is C12H8BrFN4O5. The number of carbonyl (C=O) groups excluding carboxylic acids is 1. The number of rotatable bonds is 5. The third-order valence-corrected chi connectivity index (χ3v) is 3.64. The van der Waals surface area contributed by atoms with Crippen molar-refractivity contribution in [3.8, 4) is 0 Å². The number of ketones is 1. The van der Waals surface area contributed by atoms with Crippen molar-refractivity contribution in [2.45, 2.75) is 13.3 Å². The van der Waals surface area contributed by atoms with Crippen molar-refractivity contribution >= 4 is 33.2 Å². The van der Waals surface area contributed by atoms with E-state index >= 15 is 0 Å². The first kappa shape index (κ1) is 16.7. The number of aromatic nitrogens is 2. The van der Waals surface area contributed by atoms with Crippen LogP contribution in [0.3, 0.4) is 0 Å². The van der Waals surface area contributed by atoms with Crippen LogP contribution in [-0.2, 0) is 6.42 Å². The van der Waals surface area contributed by atoms with Crippen LogP contribution in [0, 0.1) is 33.0 Å². The van der Waals surface area contributed by atoms with Gasteiger partial charge >= 0.3 is 11.5 Å². The van der Waals surface area contributed by atoms with Gasteiger partial charge < -0.3 is 15.1 Å². The Labute approximate surface area is 136 Å². The van der Waals surface area contributed by atoms with Crippen molar-refractivity contribution in [1.82, 2.24) is 9.97 Å². The Morgan fingerprint density at radius 3 is 2.57 bits per heavy atom. The van der Waals surface area contributed by atoms with Gasteiger partial charge in [0.25, 0.3) is 0 Å². The van der Waals surface area contributed by atoms with Crippen LogP contribution >= 0.6 is 15.9 Å². The fraction of sp³-hybridized carbons (Fsp3) is 0.167. The van der Waals surface area contributed by atoms with Crippen molar-refractivity contribution in [2.75, 3.05) is 0 Å². The number of nitrogens with one attached hydrogen (secondary N) is 1. The van der Waals surface area contributed by atoms with Crippen molar-refractivity contribution in [1.29, 1.82) is 0 Å². The van der Waals surface area contributed by atoms with Crippen LogP contribution in [0.2, 0.25) is 0 Å². The Hall–Kier alpha value is -2.69. The maximum absolute atomic E-state index is 13.8. The summed E-state index contributed by atoms with van der Waals surface area (Å²) in [6.45, 7) is 1.26. The van der Waals surface area contributed by atoms with E-state index in [2.05, 4.69) is 25.9 Å². The SMILES string of the molecule is Cc1c(C(=O)Cc2nc([N+](=O)[O-])c[nH]2)cc(Br)c(F)c1[N+](=O)[O-]. The molecule has 120 valence electrons. The summed E-state index contributed by atoms with van der Waals surface area (Å²) < 4.78 is 13.6. The maximum Gasteiger partial charge on any atom is 0.381 e. The van der Waals surface area contributed by atoms with Gasteiger partial charge in [-0.3, -0.25) is 14.9 Å². The Balaban J connectivity index is 2.39. The summed E-state index contributed by atoms with van der Waals surface area (Å²) in [6.07, 6.45) is 0.683. The first-order valence-corrected chi connectivity index (χ1v) is 6.86. The number of nitro groups is 2. The van der Waals surface area contributed by atoms with E-state index in [1.807, 2.05) is 0 Å². The minimum absolute atomic E-state index is 0.0317. The zero-order chi connectivity index (χ0) is 17.3. The number of halogens is 2. The molecule has 1 N–H and O–H groups in total. The first-order chi connectivity index (χ1) is 10.7. The molecule has 0 aliphatic heterocycles. The van der Waals surface area contributed by atoms with E-state index in [1.54, 1.807) is 0 Å². The molecule has 11 heteroatoms. The number of carbonyl (C=O) groups is 1. The summed E-state index contributed by atoms with van der Waals surface area (Å²) in [6, 6.07) is 1.14. The monoisotopic (exact) mass is 386 g/mol. The predicted octanol–water partition coefficient (Wildman–Crippen LogP) is 2.86. The number of hydrogen-bond donors (Lipinski definition) is 1. The van der Waals surface area contributed by atoms with Gasteiger partial charge in [0.1, 0.15) is 6.20 Å².